The van der Waals surface area contributed by atoms with E-state index >= 15 is 0 Å². The lowest BCUT2D eigenvalue weighted by molar-refractivity contribution is -0.384. The summed E-state index contributed by atoms with van der Waals surface area (Å²) in [6.45, 7) is 0. The molecule has 5 nitrogen and oxygen atoms in total. The fourth-order valence-electron chi connectivity index (χ4n) is 1.51. The van der Waals surface area contributed by atoms with Gasteiger partial charge in [-0.2, -0.15) is 0 Å². The molecule has 0 spiro atoms. The summed E-state index contributed by atoms with van der Waals surface area (Å²) in [6, 6.07) is 9.14. The van der Waals surface area contributed by atoms with Gasteiger partial charge in [0.25, 0.3) is 5.69 Å². The van der Waals surface area contributed by atoms with Crippen molar-refractivity contribution in [3.8, 4) is 17.2 Å². The second-order valence-electron chi connectivity index (χ2n) is 3.77. The van der Waals surface area contributed by atoms with Gasteiger partial charge >= 0.3 is 0 Å². The number of nitro benzene ring substituents is 1. The Morgan fingerprint density at radius 1 is 1.05 bits per heavy atom. The van der Waals surface area contributed by atoms with Crippen LogP contribution in [0, 0.1) is 10.1 Å². The molecule has 2 aromatic rings. The van der Waals surface area contributed by atoms with E-state index in [2.05, 4.69) is 0 Å². The third kappa shape index (κ3) is 3.12. The van der Waals surface area contributed by atoms with Gasteiger partial charge in [0.05, 0.1) is 22.1 Å². The van der Waals surface area contributed by atoms with Crippen LogP contribution in [0.15, 0.2) is 36.4 Å². The lowest BCUT2D eigenvalue weighted by Crippen LogP contribution is -1.91. The Morgan fingerprint density at radius 2 is 1.55 bits per heavy atom. The van der Waals surface area contributed by atoms with Gasteiger partial charge in [-0.1, -0.05) is 23.2 Å². The minimum absolute atomic E-state index is 0.0695. The van der Waals surface area contributed by atoms with Crippen LogP contribution in [-0.2, 0) is 0 Å². The first-order valence-electron chi connectivity index (χ1n) is 5.46. The summed E-state index contributed by atoms with van der Waals surface area (Å²) in [6.07, 6.45) is 0. The number of nitro groups is 1. The van der Waals surface area contributed by atoms with E-state index in [1.807, 2.05) is 0 Å². The summed E-state index contributed by atoms with van der Waals surface area (Å²) in [5.74, 6) is 1.34. The maximum absolute atomic E-state index is 10.7. The monoisotopic (exact) mass is 313 g/mol. The van der Waals surface area contributed by atoms with Crippen molar-refractivity contribution < 1.29 is 14.4 Å². The molecule has 0 saturated heterocycles. The number of hydrogen-bond acceptors (Lipinski definition) is 4. The molecule has 20 heavy (non-hydrogen) atoms. The molecule has 2 rings (SSSR count). The van der Waals surface area contributed by atoms with Crippen LogP contribution in [0.1, 0.15) is 0 Å². The van der Waals surface area contributed by atoms with Crippen LogP contribution >= 0.6 is 23.2 Å². The summed E-state index contributed by atoms with van der Waals surface area (Å²) >= 11 is 11.9. The Balaban J connectivity index is 2.30. The Bertz CT molecular complexity index is 620. The molecule has 2 aromatic carbocycles. The Kier molecular flexibility index (Phi) is 4.32. The molecule has 0 unspecified atom stereocenters. The maximum Gasteiger partial charge on any atom is 0.272 e. The zero-order chi connectivity index (χ0) is 14.7. The average molecular weight is 314 g/mol. The molecule has 0 saturated carbocycles. The minimum Gasteiger partial charge on any atom is -0.497 e. The van der Waals surface area contributed by atoms with Crippen molar-refractivity contribution in [1.82, 2.24) is 0 Å². The molecule has 0 amide bonds. The number of non-ortho nitro benzene ring substituents is 1. The number of nitrogens with zero attached hydrogens (tertiary/aromatic N) is 1. The van der Waals surface area contributed by atoms with Crippen LogP contribution in [0.4, 0.5) is 5.69 Å². The molecule has 0 fully saturated rings. The maximum atomic E-state index is 10.7. The molecule has 0 aromatic heterocycles. The SMILES string of the molecule is COc1ccc(Oc2c(Cl)cc([N+](=O)[O-])cc2Cl)cc1. The smallest absolute Gasteiger partial charge is 0.272 e. The minimum atomic E-state index is -0.574. The standard InChI is InChI=1S/C13H9Cl2NO4/c1-19-9-2-4-10(5-3-9)20-13-11(14)6-8(16(17)18)7-12(13)15/h2-7H,1H3. The predicted molar refractivity (Wildman–Crippen MR) is 76.2 cm³/mol. The van der Waals surface area contributed by atoms with Crippen molar-refractivity contribution in [3.63, 3.8) is 0 Å². The summed E-state index contributed by atoms with van der Waals surface area (Å²) in [5, 5.41) is 10.8. The number of methoxy groups -OCH3 is 1. The third-order valence-corrected chi connectivity index (χ3v) is 3.03. The fourth-order valence-corrected chi connectivity index (χ4v) is 2.06. The van der Waals surface area contributed by atoms with Gasteiger partial charge in [-0.15, -0.1) is 0 Å². The number of halogens is 2. The van der Waals surface area contributed by atoms with E-state index in [4.69, 9.17) is 32.7 Å². The molecule has 0 heterocycles. The van der Waals surface area contributed by atoms with Gasteiger partial charge in [0, 0.05) is 12.1 Å². The Hall–Kier alpha value is -1.98. The highest BCUT2D eigenvalue weighted by Crippen LogP contribution is 2.39. The molecule has 0 aliphatic heterocycles. The summed E-state index contributed by atoms with van der Waals surface area (Å²) in [4.78, 5) is 10.1. The molecule has 0 atom stereocenters. The van der Waals surface area contributed by atoms with Gasteiger partial charge < -0.3 is 9.47 Å². The quantitative estimate of drug-likeness (QED) is 0.606. The van der Waals surface area contributed by atoms with Crippen LogP contribution in [0.3, 0.4) is 0 Å². The van der Waals surface area contributed by atoms with Gasteiger partial charge in [-0.05, 0) is 24.3 Å². The molecular formula is C13H9Cl2NO4. The lowest BCUT2D eigenvalue weighted by atomic mass is 10.3. The second-order valence-corrected chi connectivity index (χ2v) is 4.59. The predicted octanol–water partition coefficient (Wildman–Crippen LogP) is 4.70. The van der Waals surface area contributed by atoms with E-state index in [-0.39, 0.29) is 21.5 Å². The first-order valence-corrected chi connectivity index (χ1v) is 6.22. The van der Waals surface area contributed by atoms with Gasteiger partial charge in [0.2, 0.25) is 0 Å². The highest BCUT2D eigenvalue weighted by Gasteiger charge is 2.16. The number of benzene rings is 2. The molecule has 0 bridgehead atoms. The zero-order valence-corrected chi connectivity index (χ0v) is 11.8. The van der Waals surface area contributed by atoms with E-state index in [9.17, 15) is 10.1 Å². The third-order valence-electron chi connectivity index (χ3n) is 2.47. The van der Waals surface area contributed by atoms with E-state index in [1.54, 1.807) is 31.4 Å². The summed E-state index contributed by atoms with van der Waals surface area (Å²) in [5.41, 5.74) is -0.193. The normalized spacial score (nSPS) is 10.2. The van der Waals surface area contributed by atoms with Crippen molar-refractivity contribution in [2.45, 2.75) is 0 Å². The van der Waals surface area contributed by atoms with Crippen LogP contribution < -0.4 is 9.47 Å². The molecular weight excluding hydrogens is 305 g/mol. The fraction of sp³-hybridized carbons (Fsp3) is 0.0769. The first kappa shape index (κ1) is 14.4. The number of hydrogen-bond donors (Lipinski definition) is 0. The second kappa shape index (κ2) is 5.98. The Morgan fingerprint density at radius 3 is 2.00 bits per heavy atom. The van der Waals surface area contributed by atoms with Crippen LogP contribution in [0.5, 0.6) is 17.2 Å². The van der Waals surface area contributed by atoms with E-state index in [0.29, 0.717) is 11.5 Å². The summed E-state index contributed by atoms with van der Waals surface area (Å²) < 4.78 is 10.6. The van der Waals surface area contributed by atoms with E-state index in [0.717, 1.165) is 0 Å². The van der Waals surface area contributed by atoms with Crippen LogP contribution in [0.25, 0.3) is 0 Å². The zero-order valence-electron chi connectivity index (χ0n) is 10.3. The van der Waals surface area contributed by atoms with Crippen molar-refractivity contribution in [2.75, 3.05) is 7.11 Å². The molecule has 0 aliphatic rings. The first-order chi connectivity index (χ1) is 9.51. The average Bonchev–Trinajstić information content (AvgIpc) is 2.43. The van der Waals surface area contributed by atoms with Gasteiger partial charge in [-0.25, -0.2) is 0 Å². The molecule has 0 N–H and O–H groups in total. The number of ether oxygens (including phenoxy) is 2. The molecule has 104 valence electrons. The van der Waals surface area contributed by atoms with Gasteiger partial charge in [0.1, 0.15) is 11.5 Å². The van der Waals surface area contributed by atoms with Crippen LogP contribution in [0.2, 0.25) is 10.0 Å². The van der Waals surface area contributed by atoms with E-state index < -0.39 is 4.92 Å². The largest absolute Gasteiger partial charge is 0.497 e. The highest BCUT2D eigenvalue weighted by molar-refractivity contribution is 6.37. The lowest BCUT2D eigenvalue weighted by Gasteiger charge is -2.10. The van der Waals surface area contributed by atoms with Gasteiger partial charge in [-0.3, -0.25) is 10.1 Å². The van der Waals surface area contributed by atoms with Crippen molar-refractivity contribution in [2.24, 2.45) is 0 Å². The number of rotatable bonds is 4. The molecule has 0 aliphatic carbocycles. The van der Waals surface area contributed by atoms with E-state index in [1.165, 1.54) is 12.1 Å². The van der Waals surface area contributed by atoms with Crippen molar-refractivity contribution in [1.29, 1.82) is 0 Å². The molecule has 7 heteroatoms. The van der Waals surface area contributed by atoms with Crippen molar-refractivity contribution >= 4 is 28.9 Å². The highest BCUT2D eigenvalue weighted by atomic mass is 35.5. The van der Waals surface area contributed by atoms with Crippen molar-refractivity contribution in [3.05, 3.63) is 56.6 Å². The summed E-state index contributed by atoms with van der Waals surface area (Å²) in [7, 11) is 1.56. The van der Waals surface area contributed by atoms with Crippen LogP contribution in [-0.4, -0.2) is 12.0 Å². The van der Waals surface area contributed by atoms with Gasteiger partial charge in [0.15, 0.2) is 5.75 Å². The topological polar surface area (TPSA) is 61.6 Å². The molecule has 0 radical (unpaired) electrons. The Labute approximate surface area is 124 Å².